The van der Waals surface area contributed by atoms with Crippen molar-refractivity contribution >= 4 is 50.3 Å². The molecule has 0 spiro atoms. The van der Waals surface area contributed by atoms with Gasteiger partial charge < -0.3 is 10.4 Å². The molecular formula is C29H18N8O2. The second kappa shape index (κ2) is 9.84. The van der Waals surface area contributed by atoms with E-state index in [-0.39, 0.29) is 34.5 Å². The number of rotatable bonds is 5. The first-order valence-electron chi connectivity index (χ1n) is 11.8. The van der Waals surface area contributed by atoms with Gasteiger partial charge >= 0.3 is 0 Å². The number of phenolic OH excluding ortho intramolecular Hbond substituents is 1. The molecule has 10 heteroatoms. The molecule has 186 valence electrons. The van der Waals surface area contributed by atoms with Crippen LogP contribution in [-0.4, -0.2) is 30.8 Å². The standard InChI is InChI=1S/C29H18N8O2/c1-30-24-17-33-37(29-31-14-7-15-32-29)27(24)36-35-25-21-12-5-3-9-19(21)16-22(26(25)38)28(39)34-23-13-6-10-18-8-2-4-11-20(18)23/h2-17,38H,(H,34,39)/b36-35+. The number of fused-ring (bicyclic) bond motifs is 2. The molecule has 0 bridgehead atoms. The smallest absolute Gasteiger partial charge is 0.259 e. The molecule has 1 amide bonds. The third-order valence-corrected chi connectivity index (χ3v) is 6.11. The SMILES string of the molecule is [C-]#[N+]c1cnn(-c2ncccn2)c1/N=N/c1c(O)c(C(=O)Nc2cccc3ccccc23)cc2ccccc12. The second-order valence-corrected chi connectivity index (χ2v) is 8.45. The van der Waals surface area contributed by atoms with E-state index in [0.29, 0.717) is 16.5 Å². The van der Waals surface area contributed by atoms with E-state index >= 15 is 0 Å². The fraction of sp³-hybridized carbons (Fsp3) is 0. The van der Waals surface area contributed by atoms with Gasteiger partial charge in [0, 0.05) is 28.9 Å². The van der Waals surface area contributed by atoms with Crippen molar-refractivity contribution in [1.29, 1.82) is 0 Å². The van der Waals surface area contributed by atoms with Crippen LogP contribution < -0.4 is 5.32 Å². The number of carbonyl (C=O) groups is 1. The van der Waals surface area contributed by atoms with Gasteiger partial charge in [-0.25, -0.2) is 14.8 Å². The highest BCUT2D eigenvalue weighted by atomic mass is 16.3. The molecule has 2 aromatic heterocycles. The number of amides is 1. The lowest BCUT2D eigenvalue weighted by molar-refractivity contribution is 0.102. The van der Waals surface area contributed by atoms with E-state index < -0.39 is 5.91 Å². The number of hydrogen-bond donors (Lipinski definition) is 2. The van der Waals surface area contributed by atoms with Crippen molar-refractivity contribution in [3.8, 4) is 11.7 Å². The molecule has 0 saturated carbocycles. The zero-order chi connectivity index (χ0) is 26.8. The van der Waals surface area contributed by atoms with Gasteiger partial charge in [0.15, 0.2) is 11.6 Å². The first-order chi connectivity index (χ1) is 19.1. The second-order valence-electron chi connectivity index (χ2n) is 8.45. The summed E-state index contributed by atoms with van der Waals surface area (Å²) < 4.78 is 1.28. The largest absolute Gasteiger partial charge is 0.505 e. The Morgan fingerprint density at radius 3 is 2.41 bits per heavy atom. The number of phenols is 1. The lowest BCUT2D eigenvalue weighted by Gasteiger charge is -2.12. The molecule has 2 heterocycles. The maximum absolute atomic E-state index is 13.4. The molecule has 2 N–H and O–H groups in total. The molecule has 6 rings (SSSR count). The maximum atomic E-state index is 13.4. The third kappa shape index (κ3) is 4.30. The minimum atomic E-state index is -0.504. The van der Waals surface area contributed by atoms with Crippen LogP contribution in [0, 0.1) is 6.57 Å². The fourth-order valence-corrected chi connectivity index (χ4v) is 4.27. The minimum Gasteiger partial charge on any atom is -0.505 e. The van der Waals surface area contributed by atoms with E-state index in [4.69, 9.17) is 6.57 Å². The van der Waals surface area contributed by atoms with Crippen molar-refractivity contribution in [2.45, 2.75) is 0 Å². The lowest BCUT2D eigenvalue weighted by Crippen LogP contribution is -2.12. The topological polar surface area (TPSA) is 122 Å². The molecule has 6 aromatic rings. The van der Waals surface area contributed by atoms with Crippen LogP contribution in [-0.2, 0) is 0 Å². The summed E-state index contributed by atoms with van der Waals surface area (Å²) in [6, 6.07) is 23.8. The maximum Gasteiger partial charge on any atom is 0.259 e. The molecule has 0 fully saturated rings. The van der Waals surface area contributed by atoms with Crippen molar-refractivity contribution in [2.75, 3.05) is 5.32 Å². The first-order valence-corrected chi connectivity index (χ1v) is 11.8. The summed E-state index contributed by atoms with van der Waals surface area (Å²) in [6.07, 6.45) is 4.42. The Labute approximate surface area is 221 Å². The monoisotopic (exact) mass is 510 g/mol. The van der Waals surface area contributed by atoms with Crippen molar-refractivity contribution in [3.05, 3.63) is 114 Å². The Hall–Kier alpha value is -5.95. The highest BCUT2D eigenvalue weighted by Crippen LogP contribution is 2.41. The summed E-state index contributed by atoms with van der Waals surface area (Å²) in [5, 5.41) is 30.0. The summed E-state index contributed by atoms with van der Waals surface area (Å²) >= 11 is 0. The van der Waals surface area contributed by atoms with Gasteiger partial charge in [0.1, 0.15) is 5.69 Å². The Bertz CT molecular complexity index is 1940. The molecule has 4 aromatic carbocycles. The zero-order valence-corrected chi connectivity index (χ0v) is 20.2. The molecule has 0 aliphatic heterocycles. The van der Waals surface area contributed by atoms with Crippen LogP contribution in [0.5, 0.6) is 5.75 Å². The molecule has 0 aliphatic rings. The van der Waals surface area contributed by atoms with E-state index in [1.165, 1.54) is 10.9 Å². The average molecular weight is 511 g/mol. The summed E-state index contributed by atoms with van der Waals surface area (Å²) in [7, 11) is 0. The van der Waals surface area contributed by atoms with Gasteiger partial charge in [-0.1, -0.05) is 60.7 Å². The molecule has 0 radical (unpaired) electrons. The number of nitrogens with zero attached hydrogens (tertiary/aromatic N) is 7. The van der Waals surface area contributed by atoms with Crippen LogP contribution in [0.25, 0.3) is 32.3 Å². The number of carbonyl (C=O) groups excluding carboxylic acids is 1. The Morgan fingerprint density at radius 2 is 1.62 bits per heavy atom. The number of azo groups is 1. The number of hydrogen-bond acceptors (Lipinski definition) is 7. The van der Waals surface area contributed by atoms with Crippen LogP contribution in [0.3, 0.4) is 0 Å². The van der Waals surface area contributed by atoms with Gasteiger partial charge in [-0.3, -0.25) is 4.79 Å². The first kappa shape index (κ1) is 23.4. The predicted octanol–water partition coefficient (Wildman–Crippen LogP) is 6.89. The molecule has 0 saturated heterocycles. The van der Waals surface area contributed by atoms with Gasteiger partial charge in [0.25, 0.3) is 17.5 Å². The molecule has 0 atom stereocenters. The van der Waals surface area contributed by atoms with Gasteiger partial charge in [0.2, 0.25) is 0 Å². The van der Waals surface area contributed by atoms with Crippen LogP contribution in [0.15, 0.2) is 108 Å². The molecule has 0 unspecified atom stereocenters. The average Bonchev–Trinajstić information content (AvgIpc) is 3.40. The number of nitrogens with one attached hydrogen (secondary N) is 1. The quantitative estimate of drug-likeness (QED) is 0.193. The highest BCUT2D eigenvalue weighted by Gasteiger charge is 2.20. The van der Waals surface area contributed by atoms with E-state index in [0.717, 1.165) is 10.8 Å². The van der Waals surface area contributed by atoms with Crippen LogP contribution in [0.2, 0.25) is 0 Å². The van der Waals surface area contributed by atoms with E-state index in [1.807, 2.05) is 48.5 Å². The van der Waals surface area contributed by atoms with Gasteiger partial charge in [-0.15, -0.1) is 10.2 Å². The van der Waals surface area contributed by atoms with Crippen LogP contribution in [0.1, 0.15) is 10.4 Å². The Balaban J connectivity index is 1.45. The molecule has 10 nitrogen and oxygen atoms in total. The van der Waals surface area contributed by atoms with Crippen molar-refractivity contribution in [2.24, 2.45) is 10.2 Å². The lowest BCUT2D eigenvalue weighted by atomic mass is 10.0. The van der Waals surface area contributed by atoms with Gasteiger partial charge in [0.05, 0.1) is 18.3 Å². The molecule has 39 heavy (non-hydrogen) atoms. The van der Waals surface area contributed by atoms with Crippen molar-refractivity contribution in [1.82, 2.24) is 19.7 Å². The summed E-state index contributed by atoms with van der Waals surface area (Å²) in [5.41, 5.74) is 0.844. The van der Waals surface area contributed by atoms with Crippen molar-refractivity contribution in [3.63, 3.8) is 0 Å². The Kier molecular flexibility index (Phi) is 5.91. The van der Waals surface area contributed by atoms with E-state index in [1.54, 1.807) is 42.7 Å². The minimum absolute atomic E-state index is 0.0286. The van der Waals surface area contributed by atoms with E-state index in [9.17, 15) is 9.90 Å². The molecular weight excluding hydrogens is 492 g/mol. The third-order valence-electron chi connectivity index (χ3n) is 6.11. The normalized spacial score (nSPS) is 11.2. The number of aromatic hydroxyl groups is 1. The Morgan fingerprint density at radius 1 is 0.897 bits per heavy atom. The van der Waals surface area contributed by atoms with Crippen LogP contribution >= 0.6 is 0 Å². The van der Waals surface area contributed by atoms with Crippen LogP contribution in [0.4, 0.5) is 22.9 Å². The predicted molar refractivity (Wildman–Crippen MR) is 147 cm³/mol. The summed E-state index contributed by atoms with van der Waals surface area (Å²) in [6.45, 7) is 7.50. The molecule has 0 aliphatic carbocycles. The number of aromatic nitrogens is 4. The summed E-state index contributed by atoms with van der Waals surface area (Å²) in [4.78, 5) is 25.2. The van der Waals surface area contributed by atoms with Gasteiger partial charge in [-0.2, -0.15) is 9.78 Å². The van der Waals surface area contributed by atoms with Crippen molar-refractivity contribution < 1.29 is 9.90 Å². The zero-order valence-electron chi connectivity index (χ0n) is 20.2. The highest BCUT2D eigenvalue weighted by molar-refractivity contribution is 6.14. The number of benzene rings is 4. The fourth-order valence-electron chi connectivity index (χ4n) is 4.27. The van der Waals surface area contributed by atoms with Gasteiger partial charge in [-0.05, 0) is 29.0 Å². The number of anilines is 1. The summed E-state index contributed by atoms with van der Waals surface area (Å²) in [5.74, 6) is -0.554. The van der Waals surface area contributed by atoms with E-state index in [2.05, 4.69) is 35.5 Å².